The van der Waals surface area contributed by atoms with Gasteiger partial charge >= 0.3 is 12.0 Å². The van der Waals surface area contributed by atoms with Crippen molar-refractivity contribution in [1.82, 2.24) is 0 Å². The van der Waals surface area contributed by atoms with Crippen LogP contribution in [-0.4, -0.2) is 32.2 Å². The highest BCUT2D eigenvalue weighted by molar-refractivity contribution is 6.04. The molecule has 1 heterocycles. The number of carbonyl (C=O) groups is 2. The average Bonchev–Trinajstić information content (AvgIpc) is 2.93. The van der Waals surface area contributed by atoms with Crippen molar-refractivity contribution in [2.75, 3.05) is 35.7 Å². The Labute approximate surface area is 212 Å². The van der Waals surface area contributed by atoms with Gasteiger partial charge in [-0.15, -0.1) is 0 Å². The van der Waals surface area contributed by atoms with E-state index in [4.69, 9.17) is 4.74 Å². The Morgan fingerprint density at radius 2 is 1.67 bits per heavy atom. The lowest BCUT2D eigenvalue weighted by Gasteiger charge is -2.31. The molecule has 1 fully saturated rings. The number of anilines is 3. The quantitative estimate of drug-likeness (QED) is 0.398. The number of fused-ring (bicyclic) bond motifs is 1. The summed E-state index contributed by atoms with van der Waals surface area (Å²) < 4.78 is 4.83. The molecule has 186 valence electrons. The van der Waals surface area contributed by atoms with Crippen molar-refractivity contribution in [3.8, 4) is 11.1 Å². The van der Waals surface area contributed by atoms with E-state index >= 15 is 0 Å². The van der Waals surface area contributed by atoms with Gasteiger partial charge in [0.1, 0.15) is 0 Å². The number of hydrogen-bond acceptors (Lipinski definition) is 4. The first-order chi connectivity index (χ1) is 17.6. The van der Waals surface area contributed by atoms with E-state index in [1.54, 1.807) is 4.90 Å². The number of amides is 2. The van der Waals surface area contributed by atoms with Crippen LogP contribution in [0.4, 0.5) is 21.9 Å². The first-order valence-electron chi connectivity index (χ1n) is 12.8. The van der Waals surface area contributed by atoms with Crippen molar-refractivity contribution in [3.63, 3.8) is 0 Å². The molecule has 2 aliphatic rings. The fourth-order valence-corrected chi connectivity index (χ4v) is 5.41. The minimum absolute atomic E-state index is 0.0951. The SMILES string of the molecule is COC(=O)CC1CCC(c2ccc(-c3ccc4c(c3)NCCN4C(=O)Nc3ccccc3)cc2)CC1. The van der Waals surface area contributed by atoms with Crippen LogP contribution >= 0.6 is 0 Å². The van der Waals surface area contributed by atoms with Gasteiger partial charge < -0.3 is 15.4 Å². The fourth-order valence-electron chi connectivity index (χ4n) is 5.41. The van der Waals surface area contributed by atoms with Crippen LogP contribution in [0.5, 0.6) is 0 Å². The van der Waals surface area contributed by atoms with E-state index in [1.165, 1.54) is 12.7 Å². The highest BCUT2D eigenvalue weighted by Gasteiger charge is 2.25. The third-order valence-electron chi connectivity index (χ3n) is 7.45. The number of nitrogens with zero attached hydrogens (tertiary/aromatic N) is 1. The summed E-state index contributed by atoms with van der Waals surface area (Å²) in [7, 11) is 1.47. The standard InChI is InChI=1S/C30H33N3O3/c1-36-29(34)19-21-7-9-22(10-8-21)23-11-13-24(14-12-23)25-15-16-28-27(20-25)31-17-18-33(28)30(35)32-26-5-3-2-4-6-26/h2-6,11-16,20-22,31H,7-10,17-19H2,1H3,(H,32,35). The summed E-state index contributed by atoms with van der Waals surface area (Å²) in [5.41, 5.74) is 6.30. The molecule has 0 saturated heterocycles. The van der Waals surface area contributed by atoms with Gasteiger partial charge in [0, 0.05) is 25.2 Å². The number of nitrogens with one attached hydrogen (secondary N) is 2. The van der Waals surface area contributed by atoms with Gasteiger partial charge in [-0.05, 0) is 78.5 Å². The molecule has 0 unspecified atom stereocenters. The second-order valence-corrected chi connectivity index (χ2v) is 9.73. The monoisotopic (exact) mass is 483 g/mol. The summed E-state index contributed by atoms with van der Waals surface area (Å²) in [6.45, 7) is 1.32. The summed E-state index contributed by atoms with van der Waals surface area (Å²) in [6.07, 6.45) is 4.92. The number of urea groups is 1. The van der Waals surface area contributed by atoms with Gasteiger partial charge in [-0.2, -0.15) is 0 Å². The summed E-state index contributed by atoms with van der Waals surface area (Å²) >= 11 is 0. The number of esters is 1. The molecule has 1 aliphatic carbocycles. The molecule has 1 aliphatic heterocycles. The topological polar surface area (TPSA) is 70.7 Å². The maximum Gasteiger partial charge on any atom is 0.326 e. The van der Waals surface area contributed by atoms with Gasteiger partial charge in [0.25, 0.3) is 0 Å². The van der Waals surface area contributed by atoms with Crippen LogP contribution in [0, 0.1) is 5.92 Å². The van der Waals surface area contributed by atoms with Crippen molar-refractivity contribution in [2.24, 2.45) is 5.92 Å². The minimum Gasteiger partial charge on any atom is -0.469 e. The molecule has 0 aromatic heterocycles. The zero-order valence-corrected chi connectivity index (χ0v) is 20.7. The van der Waals surface area contributed by atoms with Gasteiger partial charge in [-0.25, -0.2) is 4.79 Å². The maximum atomic E-state index is 12.9. The Balaban J connectivity index is 1.25. The molecule has 5 rings (SSSR count). The van der Waals surface area contributed by atoms with Gasteiger partial charge in [-0.3, -0.25) is 9.69 Å². The van der Waals surface area contributed by atoms with Crippen molar-refractivity contribution in [1.29, 1.82) is 0 Å². The molecule has 6 nitrogen and oxygen atoms in total. The Bertz CT molecular complexity index is 1200. The van der Waals surface area contributed by atoms with Crippen LogP contribution in [0.15, 0.2) is 72.8 Å². The van der Waals surface area contributed by atoms with Gasteiger partial charge in [0.05, 0.1) is 18.5 Å². The Morgan fingerprint density at radius 3 is 2.39 bits per heavy atom. The number of hydrogen-bond donors (Lipinski definition) is 2. The molecule has 2 amide bonds. The van der Waals surface area contributed by atoms with Gasteiger partial charge in [0.2, 0.25) is 0 Å². The van der Waals surface area contributed by atoms with Crippen molar-refractivity contribution < 1.29 is 14.3 Å². The van der Waals surface area contributed by atoms with Crippen LogP contribution < -0.4 is 15.5 Å². The molecule has 36 heavy (non-hydrogen) atoms. The lowest BCUT2D eigenvalue weighted by Crippen LogP contribution is -2.41. The number of methoxy groups -OCH3 is 1. The predicted molar refractivity (Wildman–Crippen MR) is 145 cm³/mol. The summed E-state index contributed by atoms with van der Waals surface area (Å²) in [5, 5.41) is 6.44. The first kappa shape index (κ1) is 23.9. The first-order valence-corrected chi connectivity index (χ1v) is 12.8. The molecule has 0 atom stereocenters. The number of rotatable bonds is 5. The van der Waals surface area contributed by atoms with E-state index in [1.807, 2.05) is 36.4 Å². The Hall–Kier alpha value is -3.80. The normalized spacial score (nSPS) is 19.1. The number of para-hydroxylation sites is 1. The third kappa shape index (κ3) is 5.38. The van der Waals surface area contributed by atoms with E-state index in [2.05, 4.69) is 47.0 Å². The maximum absolute atomic E-state index is 12.9. The molecule has 2 N–H and O–H groups in total. The summed E-state index contributed by atoms with van der Waals surface area (Å²) in [5.74, 6) is 0.905. The van der Waals surface area contributed by atoms with Crippen LogP contribution in [0.2, 0.25) is 0 Å². The van der Waals surface area contributed by atoms with E-state index in [0.717, 1.165) is 53.9 Å². The van der Waals surface area contributed by atoms with Crippen molar-refractivity contribution in [2.45, 2.75) is 38.0 Å². The van der Waals surface area contributed by atoms with E-state index in [9.17, 15) is 9.59 Å². The van der Waals surface area contributed by atoms with Gasteiger partial charge in [-0.1, -0.05) is 48.5 Å². The lowest BCUT2D eigenvalue weighted by atomic mass is 9.77. The molecule has 0 radical (unpaired) electrons. The number of ether oxygens (including phenoxy) is 1. The molecule has 6 heteroatoms. The zero-order chi connectivity index (χ0) is 24.9. The number of benzene rings is 3. The summed E-state index contributed by atoms with van der Waals surface area (Å²) in [4.78, 5) is 26.3. The van der Waals surface area contributed by atoms with Crippen LogP contribution in [0.25, 0.3) is 11.1 Å². The molecular weight excluding hydrogens is 450 g/mol. The van der Waals surface area contributed by atoms with E-state index < -0.39 is 0 Å². The molecule has 3 aromatic carbocycles. The Kier molecular flexibility index (Phi) is 7.21. The second kappa shape index (κ2) is 10.9. The zero-order valence-electron chi connectivity index (χ0n) is 20.7. The molecule has 0 bridgehead atoms. The molecule has 3 aromatic rings. The van der Waals surface area contributed by atoms with E-state index in [0.29, 0.717) is 31.3 Å². The predicted octanol–water partition coefficient (Wildman–Crippen LogP) is 6.65. The van der Waals surface area contributed by atoms with Crippen molar-refractivity contribution in [3.05, 3.63) is 78.4 Å². The molecular formula is C30H33N3O3. The lowest BCUT2D eigenvalue weighted by molar-refractivity contribution is -0.142. The largest absolute Gasteiger partial charge is 0.469 e. The van der Waals surface area contributed by atoms with Crippen LogP contribution in [-0.2, 0) is 9.53 Å². The second-order valence-electron chi connectivity index (χ2n) is 9.73. The number of carbonyl (C=O) groups excluding carboxylic acids is 2. The molecule has 0 spiro atoms. The van der Waals surface area contributed by atoms with Crippen LogP contribution in [0.1, 0.15) is 43.6 Å². The average molecular weight is 484 g/mol. The summed E-state index contributed by atoms with van der Waals surface area (Å²) in [6, 6.07) is 24.5. The van der Waals surface area contributed by atoms with E-state index in [-0.39, 0.29) is 12.0 Å². The fraction of sp³-hybridized carbons (Fsp3) is 0.333. The third-order valence-corrected chi connectivity index (χ3v) is 7.45. The van der Waals surface area contributed by atoms with Crippen molar-refractivity contribution >= 4 is 29.1 Å². The van der Waals surface area contributed by atoms with Crippen LogP contribution in [0.3, 0.4) is 0 Å². The highest BCUT2D eigenvalue weighted by Crippen LogP contribution is 2.38. The Morgan fingerprint density at radius 1 is 0.944 bits per heavy atom. The molecule has 1 saturated carbocycles. The van der Waals surface area contributed by atoms with Gasteiger partial charge in [0.15, 0.2) is 0 Å². The highest BCUT2D eigenvalue weighted by atomic mass is 16.5. The smallest absolute Gasteiger partial charge is 0.326 e. The minimum atomic E-state index is -0.123.